The lowest BCUT2D eigenvalue weighted by atomic mass is 9.97. The zero-order valence-corrected chi connectivity index (χ0v) is 11.6. The van der Waals surface area contributed by atoms with E-state index < -0.39 is 12.8 Å². The Hall–Kier alpha value is -0.290. The SMILES string of the molecule is CCCNC(CCOCC(F)(F)F)CC(C)CC. The summed E-state index contributed by atoms with van der Waals surface area (Å²) in [6.07, 6.45) is -0.469. The summed E-state index contributed by atoms with van der Waals surface area (Å²) in [5, 5.41) is 3.37. The van der Waals surface area contributed by atoms with Crippen LogP contribution in [0.1, 0.15) is 46.5 Å². The Balaban J connectivity index is 3.85. The zero-order chi connectivity index (χ0) is 14.0. The molecule has 2 nitrogen and oxygen atoms in total. The standard InChI is InChI=1S/C13H26F3NO/c1-4-7-17-12(9-11(3)5-2)6-8-18-10-13(14,15)16/h11-12,17H,4-10H2,1-3H3. The van der Waals surface area contributed by atoms with Crippen LogP contribution in [0.2, 0.25) is 0 Å². The summed E-state index contributed by atoms with van der Waals surface area (Å²) in [6.45, 7) is 6.29. The highest BCUT2D eigenvalue weighted by Crippen LogP contribution is 2.16. The van der Waals surface area contributed by atoms with Crippen molar-refractivity contribution in [1.29, 1.82) is 0 Å². The van der Waals surface area contributed by atoms with Gasteiger partial charge in [-0.2, -0.15) is 13.2 Å². The molecule has 2 unspecified atom stereocenters. The van der Waals surface area contributed by atoms with Gasteiger partial charge in [0.05, 0.1) is 0 Å². The summed E-state index contributed by atoms with van der Waals surface area (Å²) in [5.41, 5.74) is 0. The molecule has 5 heteroatoms. The fraction of sp³-hybridized carbons (Fsp3) is 1.00. The fourth-order valence-corrected chi connectivity index (χ4v) is 1.72. The largest absolute Gasteiger partial charge is 0.411 e. The molecule has 2 atom stereocenters. The van der Waals surface area contributed by atoms with Crippen LogP contribution in [0, 0.1) is 5.92 Å². The van der Waals surface area contributed by atoms with Crippen molar-refractivity contribution in [2.75, 3.05) is 19.8 Å². The number of nitrogens with one attached hydrogen (secondary N) is 1. The molecule has 0 fully saturated rings. The van der Waals surface area contributed by atoms with Gasteiger partial charge in [-0.15, -0.1) is 0 Å². The van der Waals surface area contributed by atoms with Crippen LogP contribution in [0.3, 0.4) is 0 Å². The third-order valence-corrected chi connectivity index (χ3v) is 2.94. The van der Waals surface area contributed by atoms with Crippen LogP contribution in [-0.2, 0) is 4.74 Å². The van der Waals surface area contributed by atoms with E-state index in [2.05, 4.69) is 30.8 Å². The van der Waals surface area contributed by atoms with Crippen molar-refractivity contribution in [2.45, 2.75) is 58.7 Å². The Morgan fingerprint density at radius 2 is 1.89 bits per heavy atom. The number of halogens is 3. The minimum atomic E-state index is -4.22. The lowest BCUT2D eigenvalue weighted by Gasteiger charge is -2.21. The van der Waals surface area contributed by atoms with Crippen LogP contribution in [0.4, 0.5) is 13.2 Å². The van der Waals surface area contributed by atoms with Crippen molar-refractivity contribution >= 4 is 0 Å². The molecule has 0 aromatic rings. The molecule has 0 saturated heterocycles. The highest BCUT2D eigenvalue weighted by Gasteiger charge is 2.27. The molecule has 0 radical (unpaired) electrons. The van der Waals surface area contributed by atoms with Gasteiger partial charge in [-0.25, -0.2) is 0 Å². The first kappa shape index (κ1) is 17.7. The second kappa shape index (κ2) is 9.62. The Morgan fingerprint density at radius 1 is 1.22 bits per heavy atom. The summed E-state index contributed by atoms with van der Waals surface area (Å²) in [7, 11) is 0. The highest BCUT2D eigenvalue weighted by atomic mass is 19.4. The number of hydrogen-bond acceptors (Lipinski definition) is 2. The van der Waals surface area contributed by atoms with E-state index in [9.17, 15) is 13.2 Å². The summed E-state index contributed by atoms with van der Waals surface area (Å²) >= 11 is 0. The summed E-state index contributed by atoms with van der Waals surface area (Å²) in [6, 6.07) is 0.258. The lowest BCUT2D eigenvalue weighted by Crippen LogP contribution is -2.33. The smallest absolute Gasteiger partial charge is 0.372 e. The van der Waals surface area contributed by atoms with Crippen LogP contribution in [0.5, 0.6) is 0 Å². The van der Waals surface area contributed by atoms with Gasteiger partial charge in [0.1, 0.15) is 6.61 Å². The molecule has 1 N–H and O–H groups in total. The maximum Gasteiger partial charge on any atom is 0.411 e. The molecule has 0 aliphatic heterocycles. The maximum atomic E-state index is 11.9. The van der Waals surface area contributed by atoms with Gasteiger partial charge in [0.15, 0.2) is 0 Å². The molecule has 0 amide bonds. The van der Waals surface area contributed by atoms with Gasteiger partial charge in [0.25, 0.3) is 0 Å². The predicted molar refractivity (Wildman–Crippen MR) is 67.6 cm³/mol. The first-order valence-electron chi connectivity index (χ1n) is 6.76. The topological polar surface area (TPSA) is 21.3 Å². The Morgan fingerprint density at radius 3 is 2.39 bits per heavy atom. The van der Waals surface area contributed by atoms with Gasteiger partial charge < -0.3 is 10.1 Å². The molecular formula is C13H26F3NO. The molecule has 0 saturated carbocycles. The lowest BCUT2D eigenvalue weighted by molar-refractivity contribution is -0.174. The van der Waals surface area contributed by atoms with E-state index in [0.717, 1.165) is 25.8 Å². The normalized spacial score (nSPS) is 15.7. The van der Waals surface area contributed by atoms with E-state index in [1.54, 1.807) is 0 Å². The molecular weight excluding hydrogens is 243 g/mol. The second-order valence-electron chi connectivity index (χ2n) is 4.86. The summed E-state index contributed by atoms with van der Waals surface area (Å²) in [4.78, 5) is 0. The van der Waals surface area contributed by atoms with Crippen molar-refractivity contribution in [3.8, 4) is 0 Å². The third kappa shape index (κ3) is 10.8. The summed E-state index contributed by atoms with van der Waals surface area (Å²) in [5.74, 6) is 0.585. The average molecular weight is 269 g/mol. The number of rotatable bonds is 10. The monoisotopic (exact) mass is 269 g/mol. The molecule has 0 aliphatic rings. The van der Waals surface area contributed by atoms with Crippen LogP contribution < -0.4 is 5.32 Å². The second-order valence-corrected chi connectivity index (χ2v) is 4.86. The van der Waals surface area contributed by atoms with E-state index in [1.807, 2.05) is 0 Å². The maximum absolute atomic E-state index is 11.9. The molecule has 110 valence electrons. The van der Waals surface area contributed by atoms with Crippen molar-refractivity contribution in [1.82, 2.24) is 5.32 Å². The molecule has 0 spiro atoms. The zero-order valence-electron chi connectivity index (χ0n) is 11.6. The molecule has 0 rings (SSSR count). The minimum Gasteiger partial charge on any atom is -0.372 e. The number of hydrogen-bond donors (Lipinski definition) is 1. The van der Waals surface area contributed by atoms with Crippen molar-refractivity contribution in [2.24, 2.45) is 5.92 Å². The first-order valence-corrected chi connectivity index (χ1v) is 6.76. The summed E-state index contributed by atoms with van der Waals surface area (Å²) < 4.78 is 40.4. The van der Waals surface area contributed by atoms with Gasteiger partial charge in [-0.05, 0) is 31.7 Å². The van der Waals surface area contributed by atoms with Crippen molar-refractivity contribution in [3.05, 3.63) is 0 Å². The van der Waals surface area contributed by atoms with Gasteiger partial charge in [0.2, 0.25) is 0 Å². The molecule has 18 heavy (non-hydrogen) atoms. The number of ether oxygens (including phenoxy) is 1. The third-order valence-electron chi connectivity index (χ3n) is 2.94. The molecule has 0 aromatic carbocycles. The van der Waals surface area contributed by atoms with E-state index >= 15 is 0 Å². The van der Waals surface area contributed by atoms with E-state index in [4.69, 9.17) is 0 Å². The van der Waals surface area contributed by atoms with E-state index in [-0.39, 0.29) is 12.6 Å². The molecule has 0 aliphatic carbocycles. The first-order chi connectivity index (χ1) is 8.39. The Labute approximate surface area is 108 Å². The Bertz CT molecular complexity index is 197. The van der Waals surface area contributed by atoms with Gasteiger partial charge in [-0.1, -0.05) is 27.2 Å². The van der Waals surface area contributed by atoms with Crippen LogP contribution in [0.25, 0.3) is 0 Å². The quantitative estimate of drug-likeness (QED) is 0.610. The minimum absolute atomic E-state index is 0.164. The molecule has 0 heterocycles. The van der Waals surface area contributed by atoms with Crippen LogP contribution in [0.15, 0.2) is 0 Å². The van der Waals surface area contributed by atoms with E-state index in [1.165, 1.54) is 0 Å². The van der Waals surface area contributed by atoms with Crippen LogP contribution in [-0.4, -0.2) is 32.0 Å². The van der Waals surface area contributed by atoms with Gasteiger partial charge in [0, 0.05) is 12.6 Å². The van der Waals surface area contributed by atoms with Crippen molar-refractivity contribution in [3.63, 3.8) is 0 Å². The molecule has 0 aromatic heterocycles. The highest BCUT2D eigenvalue weighted by molar-refractivity contribution is 4.69. The van der Waals surface area contributed by atoms with Crippen LogP contribution >= 0.6 is 0 Å². The van der Waals surface area contributed by atoms with Crippen molar-refractivity contribution < 1.29 is 17.9 Å². The fourth-order valence-electron chi connectivity index (χ4n) is 1.72. The Kier molecular flexibility index (Phi) is 9.46. The number of alkyl halides is 3. The average Bonchev–Trinajstić information content (AvgIpc) is 2.29. The van der Waals surface area contributed by atoms with Gasteiger partial charge >= 0.3 is 6.18 Å². The predicted octanol–water partition coefficient (Wildman–Crippen LogP) is 3.76. The molecule has 0 bridgehead atoms. The van der Waals surface area contributed by atoms with E-state index in [0.29, 0.717) is 12.3 Å². The van der Waals surface area contributed by atoms with Gasteiger partial charge in [-0.3, -0.25) is 0 Å².